The third-order valence-corrected chi connectivity index (χ3v) is 2.99. The van der Waals surface area contributed by atoms with Crippen LogP contribution in [0, 0.1) is 24.0 Å². The summed E-state index contributed by atoms with van der Waals surface area (Å²) >= 11 is 6.10. The van der Waals surface area contributed by atoms with E-state index in [0.717, 1.165) is 5.56 Å². The van der Waals surface area contributed by atoms with Gasteiger partial charge in [0.15, 0.2) is 0 Å². The van der Waals surface area contributed by atoms with E-state index in [0.29, 0.717) is 21.5 Å². The predicted molar refractivity (Wildman–Crippen MR) is 62.9 cm³/mol. The van der Waals surface area contributed by atoms with Gasteiger partial charge in [-0.1, -0.05) is 17.7 Å². The molecule has 0 amide bonds. The molecule has 0 saturated carbocycles. The largest absolute Gasteiger partial charge is 0.283 e. The molecular weight excluding hydrogens is 228 g/mol. The number of benzene rings is 1. The topological polar surface area (TPSA) is 56.0 Å². The Balaban J connectivity index is 3.01. The van der Waals surface area contributed by atoms with Crippen LogP contribution in [0.15, 0.2) is 18.3 Å². The molecule has 16 heavy (non-hydrogen) atoms. The van der Waals surface area contributed by atoms with E-state index in [4.69, 9.17) is 11.6 Å². The zero-order chi connectivity index (χ0) is 11.9. The van der Waals surface area contributed by atoms with Crippen molar-refractivity contribution in [1.29, 1.82) is 0 Å². The van der Waals surface area contributed by atoms with Crippen LogP contribution in [0.5, 0.6) is 0 Å². The number of rotatable bonds is 1. The van der Waals surface area contributed by atoms with Crippen LogP contribution in [0.2, 0.25) is 5.02 Å². The lowest BCUT2D eigenvalue weighted by molar-refractivity contribution is -0.383. The molecule has 0 aliphatic carbocycles. The highest BCUT2D eigenvalue weighted by atomic mass is 35.5. The van der Waals surface area contributed by atoms with Gasteiger partial charge in [0, 0.05) is 11.8 Å². The van der Waals surface area contributed by atoms with Gasteiger partial charge in [-0.05, 0) is 25.5 Å². The van der Waals surface area contributed by atoms with Gasteiger partial charge in [-0.25, -0.2) is 0 Å². The average molecular weight is 237 g/mol. The minimum absolute atomic E-state index is 0.0405. The highest BCUT2D eigenvalue weighted by Crippen LogP contribution is 2.34. The van der Waals surface area contributed by atoms with Crippen LogP contribution < -0.4 is 0 Å². The number of fused-ring (bicyclic) bond motifs is 1. The van der Waals surface area contributed by atoms with Crippen LogP contribution in [0.25, 0.3) is 10.9 Å². The van der Waals surface area contributed by atoms with Crippen molar-refractivity contribution in [1.82, 2.24) is 4.98 Å². The summed E-state index contributed by atoms with van der Waals surface area (Å²) in [5, 5.41) is 11.8. The fraction of sp³-hybridized carbons (Fsp3) is 0.182. The van der Waals surface area contributed by atoms with Gasteiger partial charge in [0.25, 0.3) is 5.69 Å². The van der Waals surface area contributed by atoms with E-state index in [2.05, 4.69) is 4.98 Å². The van der Waals surface area contributed by atoms with Crippen molar-refractivity contribution in [3.8, 4) is 0 Å². The van der Waals surface area contributed by atoms with Crippen LogP contribution >= 0.6 is 11.6 Å². The molecule has 0 aliphatic rings. The zero-order valence-corrected chi connectivity index (χ0v) is 9.58. The van der Waals surface area contributed by atoms with E-state index in [1.165, 1.54) is 0 Å². The minimum atomic E-state index is -0.412. The first kappa shape index (κ1) is 10.8. The molecule has 0 aliphatic heterocycles. The molecule has 2 rings (SSSR count). The number of nitro groups is 1. The van der Waals surface area contributed by atoms with Gasteiger partial charge < -0.3 is 0 Å². The Morgan fingerprint density at radius 3 is 2.62 bits per heavy atom. The fourth-order valence-corrected chi connectivity index (χ4v) is 1.90. The van der Waals surface area contributed by atoms with Crippen molar-refractivity contribution in [3.05, 3.63) is 44.6 Å². The molecule has 0 unspecified atom stereocenters. The van der Waals surface area contributed by atoms with Gasteiger partial charge in [0.05, 0.1) is 20.8 Å². The summed E-state index contributed by atoms with van der Waals surface area (Å²) in [4.78, 5) is 14.7. The predicted octanol–water partition coefficient (Wildman–Crippen LogP) is 3.41. The van der Waals surface area contributed by atoms with Gasteiger partial charge in [-0.15, -0.1) is 0 Å². The molecular formula is C11H9ClN2O2. The quantitative estimate of drug-likeness (QED) is 0.563. The second-order valence-electron chi connectivity index (χ2n) is 3.64. The first-order valence-electron chi connectivity index (χ1n) is 4.71. The van der Waals surface area contributed by atoms with Crippen LogP contribution in [0.4, 0.5) is 5.69 Å². The molecule has 0 radical (unpaired) electrons. The Bertz CT molecular complexity index is 591. The van der Waals surface area contributed by atoms with Gasteiger partial charge in [0.2, 0.25) is 0 Å². The number of nitrogens with zero attached hydrogens (tertiary/aromatic N) is 2. The second-order valence-corrected chi connectivity index (χ2v) is 4.02. The van der Waals surface area contributed by atoms with Crippen LogP contribution in [-0.2, 0) is 0 Å². The smallest absolute Gasteiger partial charge is 0.258 e. The SMILES string of the molecule is Cc1cnc2ccc(C)c([N+](=O)[O-])c2c1Cl. The van der Waals surface area contributed by atoms with Crippen molar-refractivity contribution >= 4 is 28.2 Å². The lowest BCUT2D eigenvalue weighted by Gasteiger charge is -2.05. The summed E-state index contributed by atoms with van der Waals surface area (Å²) in [7, 11) is 0. The first-order chi connectivity index (χ1) is 7.52. The summed E-state index contributed by atoms with van der Waals surface area (Å²) in [5.41, 5.74) is 1.92. The number of aromatic nitrogens is 1. The van der Waals surface area contributed by atoms with Gasteiger partial charge in [-0.3, -0.25) is 15.1 Å². The average Bonchev–Trinajstić information content (AvgIpc) is 2.23. The van der Waals surface area contributed by atoms with E-state index in [9.17, 15) is 10.1 Å². The van der Waals surface area contributed by atoms with Crippen molar-refractivity contribution in [2.75, 3.05) is 0 Å². The van der Waals surface area contributed by atoms with Crippen LogP contribution in [-0.4, -0.2) is 9.91 Å². The summed E-state index contributed by atoms with van der Waals surface area (Å²) in [6.45, 7) is 3.47. The summed E-state index contributed by atoms with van der Waals surface area (Å²) in [5.74, 6) is 0. The van der Waals surface area contributed by atoms with Gasteiger partial charge >= 0.3 is 0 Å². The monoisotopic (exact) mass is 236 g/mol. The molecule has 1 heterocycles. The summed E-state index contributed by atoms with van der Waals surface area (Å²) in [6.07, 6.45) is 1.61. The van der Waals surface area contributed by atoms with E-state index < -0.39 is 4.92 Å². The second kappa shape index (κ2) is 3.72. The number of pyridine rings is 1. The summed E-state index contributed by atoms with van der Waals surface area (Å²) < 4.78 is 0. The maximum Gasteiger partial charge on any atom is 0.283 e. The van der Waals surface area contributed by atoms with E-state index in [1.807, 2.05) is 0 Å². The molecule has 1 aromatic heterocycles. The molecule has 0 spiro atoms. The number of hydrogen-bond acceptors (Lipinski definition) is 3. The summed E-state index contributed by atoms with van der Waals surface area (Å²) in [6, 6.07) is 3.42. The third-order valence-electron chi connectivity index (χ3n) is 2.50. The molecule has 0 atom stereocenters. The van der Waals surface area contributed by atoms with Gasteiger partial charge in [0.1, 0.15) is 0 Å². The normalized spacial score (nSPS) is 10.7. The number of hydrogen-bond donors (Lipinski definition) is 0. The van der Waals surface area contributed by atoms with Crippen molar-refractivity contribution in [2.24, 2.45) is 0 Å². The number of aryl methyl sites for hydroxylation is 2. The standard InChI is InChI=1S/C11H9ClN2O2/c1-6-3-4-8-9(11(6)14(15)16)10(12)7(2)5-13-8/h3-5H,1-2H3. The van der Waals surface area contributed by atoms with Crippen LogP contribution in [0.3, 0.4) is 0 Å². The third kappa shape index (κ3) is 1.51. The maximum absolute atomic E-state index is 11.0. The molecule has 0 fully saturated rings. The molecule has 82 valence electrons. The lowest BCUT2D eigenvalue weighted by atomic mass is 10.1. The van der Waals surface area contributed by atoms with E-state index >= 15 is 0 Å². The molecule has 0 saturated heterocycles. The molecule has 0 bridgehead atoms. The van der Waals surface area contributed by atoms with E-state index in [1.54, 1.807) is 32.2 Å². The Hall–Kier alpha value is -1.68. The van der Waals surface area contributed by atoms with E-state index in [-0.39, 0.29) is 5.69 Å². The Morgan fingerprint density at radius 2 is 2.00 bits per heavy atom. The molecule has 2 aromatic rings. The first-order valence-corrected chi connectivity index (χ1v) is 5.09. The minimum Gasteiger partial charge on any atom is -0.258 e. The molecule has 0 N–H and O–H groups in total. The number of halogens is 1. The highest BCUT2D eigenvalue weighted by molar-refractivity contribution is 6.37. The maximum atomic E-state index is 11.0. The van der Waals surface area contributed by atoms with Crippen molar-refractivity contribution < 1.29 is 4.92 Å². The Labute approximate surface area is 97.0 Å². The molecule has 4 nitrogen and oxygen atoms in total. The highest BCUT2D eigenvalue weighted by Gasteiger charge is 2.19. The Morgan fingerprint density at radius 1 is 1.31 bits per heavy atom. The fourth-order valence-electron chi connectivity index (χ4n) is 1.66. The van der Waals surface area contributed by atoms with Crippen LogP contribution in [0.1, 0.15) is 11.1 Å². The lowest BCUT2D eigenvalue weighted by Crippen LogP contribution is -1.95. The molecule has 5 heteroatoms. The Kier molecular flexibility index (Phi) is 2.52. The zero-order valence-electron chi connectivity index (χ0n) is 8.82. The van der Waals surface area contributed by atoms with Crippen molar-refractivity contribution in [3.63, 3.8) is 0 Å². The number of nitro benzene ring substituents is 1. The van der Waals surface area contributed by atoms with Gasteiger partial charge in [-0.2, -0.15) is 0 Å². The van der Waals surface area contributed by atoms with Crippen molar-refractivity contribution in [2.45, 2.75) is 13.8 Å². The molecule has 1 aromatic carbocycles.